The van der Waals surface area contributed by atoms with Crippen molar-refractivity contribution >= 4 is 119 Å². The molecule has 4 heterocycles. The molecular weight excluding hydrogens is 765 g/mol. The molecule has 286 valence electrons. The van der Waals surface area contributed by atoms with Crippen LogP contribution in [0, 0.1) is 0 Å². The second kappa shape index (κ2) is 12.1. The van der Waals surface area contributed by atoms with Crippen molar-refractivity contribution in [1.29, 1.82) is 0 Å². The molecule has 0 N–H and O–H groups in total. The number of nitrogens with zero attached hydrogens (tertiary/aromatic N) is 2. The smallest absolute Gasteiger partial charge is 0.0509 e. The largest absolute Gasteiger partial charge is 0.310 e. The molecule has 13 rings (SSSR count). The molecule has 2 aromatic heterocycles. The third-order valence-corrected chi connectivity index (χ3v) is 15.9. The van der Waals surface area contributed by atoms with Crippen LogP contribution in [0.4, 0.5) is 34.1 Å². The zero-order valence-corrected chi connectivity index (χ0v) is 35.5. The van der Waals surface area contributed by atoms with Crippen molar-refractivity contribution < 1.29 is 0 Å². The van der Waals surface area contributed by atoms with Crippen molar-refractivity contribution in [2.45, 2.75) is 38.5 Å². The molecule has 60 heavy (non-hydrogen) atoms. The summed E-state index contributed by atoms with van der Waals surface area (Å²) in [7, 11) is 0. The van der Waals surface area contributed by atoms with Gasteiger partial charge < -0.3 is 9.80 Å². The molecule has 2 nitrogen and oxygen atoms in total. The molecular formula is C56H40N2S2. The van der Waals surface area contributed by atoms with E-state index >= 15 is 0 Å². The summed E-state index contributed by atoms with van der Waals surface area (Å²) in [6.45, 7) is 9.81. The van der Waals surface area contributed by atoms with Gasteiger partial charge in [-0.3, -0.25) is 0 Å². The van der Waals surface area contributed by atoms with Crippen LogP contribution >= 0.6 is 22.7 Å². The fourth-order valence-corrected chi connectivity index (χ4v) is 13.5. The van der Waals surface area contributed by atoms with E-state index in [1.165, 1.54) is 118 Å². The van der Waals surface area contributed by atoms with Crippen molar-refractivity contribution in [3.8, 4) is 0 Å². The molecule has 2 aliphatic rings. The summed E-state index contributed by atoms with van der Waals surface area (Å²) in [5.41, 5.74) is 12.5. The molecule has 0 fully saturated rings. The molecule has 11 aromatic rings. The summed E-state index contributed by atoms with van der Waals surface area (Å²) in [6, 6.07) is 63.6. The SMILES string of the molecule is CC1(C)c2c(ccc3ccccc23)N(c2ccccc2)c2ccc3sc4cc5c(cc4c3c21)sc1ccc2c(c15)C(C)(C)c1c(ccc3ccccc13)N2c1ccccc1. The highest BCUT2D eigenvalue weighted by molar-refractivity contribution is 7.27. The molecule has 4 heteroatoms. The number of rotatable bonds is 2. The van der Waals surface area contributed by atoms with E-state index in [0.717, 1.165) is 0 Å². The first-order valence-electron chi connectivity index (χ1n) is 20.9. The van der Waals surface area contributed by atoms with Gasteiger partial charge in [-0.15, -0.1) is 22.7 Å². The highest BCUT2D eigenvalue weighted by atomic mass is 32.1. The van der Waals surface area contributed by atoms with Crippen LogP contribution in [0.25, 0.3) is 61.9 Å². The van der Waals surface area contributed by atoms with Crippen LogP contribution in [0.2, 0.25) is 0 Å². The lowest BCUT2D eigenvalue weighted by Crippen LogP contribution is -2.31. The maximum atomic E-state index is 2.54. The van der Waals surface area contributed by atoms with E-state index in [0.29, 0.717) is 0 Å². The lowest BCUT2D eigenvalue weighted by molar-refractivity contribution is 0.644. The van der Waals surface area contributed by atoms with Gasteiger partial charge >= 0.3 is 0 Å². The molecule has 0 spiro atoms. The Bertz CT molecular complexity index is 3370. The monoisotopic (exact) mass is 804 g/mol. The minimum atomic E-state index is -0.264. The van der Waals surface area contributed by atoms with E-state index in [1.54, 1.807) is 0 Å². The lowest BCUT2D eigenvalue weighted by Gasteiger charge is -2.43. The number of hydrogen-bond acceptors (Lipinski definition) is 4. The Labute approximate surface area is 357 Å². The minimum Gasteiger partial charge on any atom is -0.310 e. The van der Waals surface area contributed by atoms with Gasteiger partial charge in [0.15, 0.2) is 0 Å². The first-order valence-corrected chi connectivity index (χ1v) is 22.6. The van der Waals surface area contributed by atoms with Gasteiger partial charge in [0.05, 0.1) is 22.7 Å². The first-order chi connectivity index (χ1) is 29.3. The van der Waals surface area contributed by atoms with E-state index in [9.17, 15) is 0 Å². The number of thiophene rings is 2. The topological polar surface area (TPSA) is 6.48 Å². The minimum absolute atomic E-state index is 0.264. The van der Waals surface area contributed by atoms with Gasteiger partial charge in [0.2, 0.25) is 0 Å². The summed E-state index contributed by atoms with van der Waals surface area (Å²) < 4.78 is 5.36. The van der Waals surface area contributed by atoms with Crippen LogP contribution in [-0.2, 0) is 10.8 Å². The summed E-state index contributed by atoms with van der Waals surface area (Å²) in [4.78, 5) is 5.02. The van der Waals surface area contributed by atoms with E-state index < -0.39 is 0 Å². The van der Waals surface area contributed by atoms with E-state index in [2.05, 4.69) is 207 Å². The van der Waals surface area contributed by atoms with E-state index in [-0.39, 0.29) is 10.8 Å². The predicted octanol–water partition coefficient (Wildman–Crippen LogP) is 16.9. The molecule has 0 unspecified atom stereocenters. The number of hydrogen-bond donors (Lipinski definition) is 0. The van der Waals surface area contributed by atoms with Crippen LogP contribution < -0.4 is 9.80 Å². The number of fused-ring (bicyclic) bond motifs is 16. The van der Waals surface area contributed by atoms with Crippen LogP contribution in [-0.4, -0.2) is 0 Å². The summed E-state index contributed by atoms with van der Waals surface area (Å²) in [5, 5.41) is 10.7. The van der Waals surface area contributed by atoms with Gasteiger partial charge in [0, 0.05) is 62.5 Å². The molecule has 0 amide bonds. The molecule has 2 aliphatic heterocycles. The van der Waals surface area contributed by atoms with Gasteiger partial charge in [-0.25, -0.2) is 0 Å². The highest BCUT2D eigenvalue weighted by Crippen LogP contribution is 2.60. The summed E-state index contributed by atoms with van der Waals surface area (Å²) >= 11 is 3.89. The van der Waals surface area contributed by atoms with Gasteiger partial charge in [0.1, 0.15) is 0 Å². The molecule has 0 saturated carbocycles. The molecule has 0 aliphatic carbocycles. The molecule has 0 atom stereocenters. The fourth-order valence-electron chi connectivity index (χ4n) is 11.3. The van der Waals surface area contributed by atoms with Crippen LogP contribution in [0.1, 0.15) is 49.9 Å². The van der Waals surface area contributed by atoms with Crippen LogP contribution in [0.15, 0.2) is 170 Å². The number of para-hydroxylation sites is 2. The molecule has 0 radical (unpaired) electrons. The Morgan fingerprint density at radius 2 is 0.700 bits per heavy atom. The average Bonchev–Trinajstić information content (AvgIpc) is 3.82. The summed E-state index contributed by atoms with van der Waals surface area (Å²) in [6.07, 6.45) is 0. The Kier molecular flexibility index (Phi) is 6.92. The third-order valence-electron chi connectivity index (χ3n) is 13.7. The lowest BCUT2D eigenvalue weighted by atomic mass is 9.70. The zero-order chi connectivity index (χ0) is 40.1. The predicted molar refractivity (Wildman–Crippen MR) is 261 cm³/mol. The van der Waals surface area contributed by atoms with Crippen molar-refractivity contribution in [3.63, 3.8) is 0 Å². The first kappa shape index (κ1) is 34.4. The van der Waals surface area contributed by atoms with E-state index in [1.807, 2.05) is 22.7 Å². The standard InChI is InChI=1S/C56H40N2S2/c1-55(2)51-37-21-13-11-15-33(37)23-25-41(51)57(35-17-7-5-8-18-35)43-27-29-45-49(53(43)55)39-31-48-40(32-47(39)59-45)50-46(60-48)30-28-44-54(50)56(3,4)52-38-22-14-12-16-34(38)24-26-42(52)58(44)36-19-9-6-10-20-36/h5-32H,1-4H3. The third kappa shape index (κ3) is 4.47. The highest BCUT2D eigenvalue weighted by Gasteiger charge is 2.42. The van der Waals surface area contributed by atoms with Gasteiger partial charge in [-0.1, -0.05) is 125 Å². The van der Waals surface area contributed by atoms with Gasteiger partial charge in [-0.2, -0.15) is 0 Å². The Morgan fingerprint density at radius 3 is 1.13 bits per heavy atom. The number of anilines is 6. The van der Waals surface area contributed by atoms with E-state index in [4.69, 9.17) is 0 Å². The van der Waals surface area contributed by atoms with Crippen LogP contribution in [0.3, 0.4) is 0 Å². The second-order valence-corrected chi connectivity index (χ2v) is 19.8. The Hall–Kier alpha value is -6.46. The molecule has 0 saturated heterocycles. The van der Waals surface area contributed by atoms with Crippen molar-refractivity contribution in [1.82, 2.24) is 0 Å². The van der Waals surface area contributed by atoms with Crippen LogP contribution in [0.5, 0.6) is 0 Å². The average molecular weight is 805 g/mol. The van der Waals surface area contributed by atoms with Gasteiger partial charge in [0.25, 0.3) is 0 Å². The molecule has 9 aromatic carbocycles. The fraction of sp³-hybridized carbons (Fsp3) is 0.107. The number of benzene rings is 9. The second-order valence-electron chi connectivity index (χ2n) is 17.7. The van der Waals surface area contributed by atoms with Crippen molar-refractivity contribution in [2.75, 3.05) is 9.80 Å². The normalized spacial score (nSPS) is 15.2. The molecule has 0 bridgehead atoms. The Balaban J connectivity index is 1.11. The van der Waals surface area contributed by atoms with Crippen molar-refractivity contribution in [2.24, 2.45) is 0 Å². The maximum absolute atomic E-state index is 2.54. The van der Waals surface area contributed by atoms with Gasteiger partial charge in [-0.05, 0) is 117 Å². The maximum Gasteiger partial charge on any atom is 0.0509 e. The van der Waals surface area contributed by atoms with Crippen molar-refractivity contribution in [3.05, 3.63) is 192 Å². The Morgan fingerprint density at radius 1 is 0.333 bits per heavy atom. The quantitative estimate of drug-likeness (QED) is 0.172. The zero-order valence-electron chi connectivity index (χ0n) is 33.9. The summed E-state index contributed by atoms with van der Waals surface area (Å²) in [5.74, 6) is 0.